The Morgan fingerprint density at radius 1 is 0.567 bits per heavy atom. The number of nitrogens with one attached hydrogen (secondary N) is 12. The number of phenolic OH excluding ortho intramolecular Hbond substituents is 1. The number of hydrogen-bond donors (Lipinski definition) is 21. The smallest absolute Gasteiger partial charge is 0.407 e. The first kappa shape index (κ1) is 90.3. The van der Waals surface area contributed by atoms with Crippen LogP contribution in [-0.2, 0) is 75.3 Å². The molecule has 2 aromatic carbocycles. The van der Waals surface area contributed by atoms with Crippen LogP contribution in [0.15, 0.2) is 54.6 Å². The van der Waals surface area contributed by atoms with Crippen molar-refractivity contribution in [1.82, 2.24) is 63.4 Å². The van der Waals surface area contributed by atoms with Crippen molar-refractivity contribution in [3.8, 4) is 5.75 Å². The van der Waals surface area contributed by atoms with E-state index in [9.17, 15) is 93.0 Å². The van der Waals surface area contributed by atoms with Gasteiger partial charge in [0, 0.05) is 26.1 Å². The molecule has 2 aromatic rings. The van der Waals surface area contributed by atoms with Crippen molar-refractivity contribution < 1.29 is 97.7 Å². The second-order valence-electron chi connectivity index (χ2n) is 27.1. The van der Waals surface area contributed by atoms with Crippen molar-refractivity contribution >= 4 is 83.0 Å². The molecule has 0 aliphatic carbocycles. The summed E-state index contributed by atoms with van der Waals surface area (Å²) in [6.45, 7) is 14.3. The van der Waals surface area contributed by atoms with Crippen LogP contribution < -0.4 is 75.7 Å². The zero-order chi connectivity index (χ0) is 78.8. The van der Waals surface area contributed by atoms with Gasteiger partial charge < -0.3 is 116 Å². The Morgan fingerprint density at radius 3 is 1.61 bits per heavy atom. The fourth-order valence-electron chi connectivity index (χ4n) is 10.5. The summed E-state index contributed by atoms with van der Waals surface area (Å²) in [5.74, 6) is -16.6. The zero-order valence-electron chi connectivity index (χ0n) is 60.9. The number of carboxylic acid groups (broad SMARTS) is 1. The van der Waals surface area contributed by atoms with Gasteiger partial charge in [0.05, 0.1) is 31.4 Å². The summed E-state index contributed by atoms with van der Waals surface area (Å²) in [6.07, 6.45) is -6.94. The van der Waals surface area contributed by atoms with Crippen molar-refractivity contribution in [3.63, 3.8) is 0 Å². The van der Waals surface area contributed by atoms with Crippen molar-refractivity contribution in [3.05, 3.63) is 65.7 Å². The topological polar surface area (TPSA) is 590 Å². The van der Waals surface area contributed by atoms with Crippen LogP contribution in [0.1, 0.15) is 126 Å². The Bertz CT molecular complexity index is 3200. The van der Waals surface area contributed by atoms with Crippen LogP contribution in [-0.4, -0.2) is 230 Å². The quantitative estimate of drug-likeness (QED) is 0.0171. The fraction of sp³-hybridized carbons (Fsp3) is 0.618. The number of amides is 12. The lowest BCUT2D eigenvalue weighted by atomic mass is 9.96. The molecule has 2 rings (SSSR count). The number of alkyl carbamates (subject to hydrolysis) is 1. The number of hydrogen-bond acceptors (Lipinski definition) is 21. The van der Waals surface area contributed by atoms with Gasteiger partial charge in [0.15, 0.2) is 18.1 Å². The van der Waals surface area contributed by atoms with E-state index in [2.05, 4.69) is 53.2 Å². The van der Waals surface area contributed by atoms with E-state index in [1.165, 1.54) is 18.2 Å². The number of nitrogens with zero attached hydrogens (tertiary/aromatic N) is 1. The summed E-state index contributed by atoms with van der Waals surface area (Å²) in [6, 6.07) is -2.28. The molecule has 14 atom stereocenters. The van der Waals surface area contributed by atoms with E-state index in [4.69, 9.17) is 27.3 Å². The van der Waals surface area contributed by atoms with Gasteiger partial charge in [-0.15, -0.1) is 0 Å². The van der Waals surface area contributed by atoms with Gasteiger partial charge in [0.1, 0.15) is 60.7 Å². The van der Waals surface area contributed by atoms with Gasteiger partial charge in [0.25, 0.3) is 0 Å². The number of carbonyl (C=O) groups excluding carboxylic acids is 12. The van der Waals surface area contributed by atoms with E-state index in [0.717, 1.165) is 6.92 Å². The number of aliphatic hydroxyl groups is 4. The average Bonchev–Trinajstić information content (AvgIpc) is 0.833. The highest BCUT2D eigenvalue weighted by atomic mass is 16.5. The van der Waals surface area contributed by atoms with Crippen molar-refractivity contribution in [1.29, 1.82) is 5.41 Å². The van der Waals surface area contributed by atoms with E-state index in [1.807, 2.05) is 33.0 Å². The molecule has 104 heavy (non-hydrogen) atoms. The predicted octanol–water partition coefficient (Wildman–Crippen LogP) is -3.85. The summed E-state index contributed by atoms with van der Waals surface area (Å²) < 4.78 is 5.11. The van der Waals surface area contributed by atoms with E-state index in [1.54, 1.807) is 77.9 Å². The first-order valence-corrected chi connectivity index (χ1v) is 34.5. The maximum atomic E-state index is 14.7. The summed E-state index contributed by atoms with van der Waals surface area (Å²) in [5, 5.41) is 98.3. The second kappa shape index (κ2) is 45.3. The van der Waals surface area contributed by atoms with Crippen molar-refractivity contribution in [2.24, 2.45) is 46.8 Å². The minimum atomic E-state index is -2.57. The van der Waals surface area contributed by atoms with Crippen LogP contribution >= 0.6 is 0 Å². The van der Waals surface area contributed by atoms with Gasteiger partial charge in [-0.2, -0.15) is 0 Å². The number of aromatic hydroxyl groups is 1. The molecular formula is C68H110N16O20. The third-order valence-electron chi connectivity index (χ3n) is 16.4. The van der Waals surface area contributed by atoms with Gasteiger partial charge in [-0.25, -0.2) is 9.59 Å². The Labute approximate surface area is 604 Å². The van der Waals surface area contributed by atoms with Gasteiger partial charge in [-0.3, -0.25) is 58.1 Å². The summed E-state index contributed by atoms with van der Waals surface area (Å²) in [7, 11) is 0. The maximum absolute atomic E-state index is 14.7. The number of phenols is 1. The summed E-state index contributed by atoms with van der Waals surface area (Å²) in [4.78, 5) is 179. The molecule has 0 heterocycles. The SMILES string of the molecule is CC[C@H](C)[C@H](NC(=O)[C@@H](CCCNC(=N)N)NC(=O)[C@H](CC(C)C)NC(=O)[C@@H](NC(=O)[C@H](Cc1cccc(O)c1)NC(=O)[C@H](CC(C)C)NC(=O)[C@H](N)CC(C)C)C(O)C(C)C)C(=O)N[C@H](C(=O)NCC(=O)N[C@H](C(=O)N(CCNC(=O)OCc1ccccc1)[C@@H](CO)C(=O)O)C(O)C(N)=O)[C@H](C)O. The lowest BCUT2D eigenvalue weighted by Gasteiger charge is -2.32. The number of aliphatic hydroxyl groups excluding tert-OH is 4. The normalized spacial score (nSPS) is 15.3. The number of benzene rings is 2. The molecule has 2 unspecified atom stereocenters. The number of aliphatic carboxylic acids is 1. The molecule has 0 saturated heterocycles. The largest absolute Gasteiger partial charge is 0.508 e. The fourth-order valence-corrected chi connectivity index (χ4v) is 10.5. The lowest BCUT2D eigenvalue weighted by molar-refractivity contribution is -0.155. The van der Waals surface area contributed by atoms with Gasteiger partial charge in [0.2, 0.25) is 65.0 Å². The summed E-state index contributed by atoms with van der Waals surface area (Å²) >= 11 is 0. The highest BCUT2D eigenvalue weighted by molar-refractivity contribution is 6.00. The molecule has 0 radical (unpaired) electrons. The number of rotatable bonds is 46. The molecule has 0 aliphatic rings. The van der Waals surface area contributed by atoms with E-state index < -0.39 is 200 Å². The van der Waals surface area contributed by atoms with E-state index in [-0.39, 0.29) is 75.2 Å². The number of primary amides is 1. The first-order valence-electron chi connectivity index (χ1n) is 34.5. The molecule has 0 aromatic heterocycles. The number of ether oxygens (including phenoxy) is 1. The van der Waals surface area contributed by atoms with Crippen LogP contribution in [0.4, 0.5) is 4.79 Å². The lowest BCUT2D eigenvalue weighted by Crippen LogP contribution is -2.63. The van der Waals surface area contributed by atoms with Gasteiger partial charge in [-0.05, 0) is 91.9 Å². The van der Waals surface area contributed by atoms with Crippen LogP contribution in [0.2, 0.25) is 0 Å². The zero-order valence-corrected chi connectivity index (χ0v) is 60.9. The monoisotopic (exact) mass is 1470 g/mol. The van der Waals surface area contributed by atoms with Crippen LogP contribution in [0.5, 0.6) is 5.75 Å². The Hall–Kier alpha value is -9.78. The van der Waals surface area contributed by atoms with Crippen LogP contribution in [0.3, 0.4) is 0 Å². The maximum Gasteiger partial charge on any atom is 0.407 e. The second-order valence-corrected chi connectivity index (χ2v) is 27.1. The Balaban J connectivity index is 2.49. The molecule has 36 heteroatoms. The van der Waals surface area contributed by atoms with Crippen LogP contribution in [0, 0.1) is 35.0 Å². The minimum absolute atomic E-state index is 0.0101. The number of nitrogens with two attached hydrogens (primary N) is 3. The van der Waals surface area contributed by atoms with Gasteiger partial charge >= 0.3 is 12.1 Å². The van der Waals surface area contributed by atoms with Gasteiger partial charge in [-0.1, -0.05) is 118 Å². The predicted molar refractivity (Wildman–Crippen MR) is 378 cm³/mol. The number of carbonyl (C=O) groups is 13. The van der Waals surface area contributed by atoms with Crippen LogP contribution in [0.25, 0.3) is 0 Å². The molecule has 36 nitrogen and oxygen atoms in total. The highest BCUT2D eigenvalue weighted by Crippen LogP contribution is 2.18. The van der Waals surface area contributed by atoms with E-state index >= 15 is 0 Å². The third-order valence-corrected chi connectivity index (χ3v) is 16.4. The van der Waals surface area contributed by atoms with Crippen molar-refractivity contribution in [2.45, 2.75) is 206 Å². The molecule has 0 aliphatic heterocycles. The first-order chi connectivity index (χ1) is 48.7. The number of guanidine groups is 1. The molecule has 12 amide bonds. The number of carboxylic acids is 1. The molecule has 582 valence electrons. The van der Waals surface area contributed by atoms with E-state index in [0.29, 0.717) is 22.4 Å². The highest BCUT2D eigenvalue weighted by Gasteiger charge is 2.42. The molecular weight excluding hydrogens is 1360 g/mol. The minimum Gasteiger partial charge on any atom is -0.508 e. The standard InChI is InChI=1S/C68H110N16O20/c1-12-38(10)50(63(98)82-51(39(11)86)62(97)75-31-49(88)80-53(55(90)56(70)91)65(100)84(48(32-85)66(101)102)25-24-74-68(103)104-33-40-18-14-13-15-19-40)81-58(93)44(22-17-23-73-67(71)72)76-59(94)46(28-36(6)7)79-64(99)52(54(89)37(8)9)83-61(96)47(30-41-20-16-21-42(87)29-41)78-60(95)45(27-35(4)5)77-57(92)43(69)26-34(2)3/h13-16,18-21,29,34-39,43-48,50-55,85-87,89-90H,12,17,22-28,30-33,69H2,1-11H3,(H2,70,91)(H,74,103)(H,75,97)(H,76,94)(H,77,92)(H,78,95)(H,79,99)(H,80,88)(H,81,93)(H,82,98)(H,83,96)(H,101,102)(H4,71,72,73)/t38-,39-,43+,44+,45-,46-,47-,48-,50-,51-,52-,53-,54?,55?/m0/s1. The third kappa shape index (κ3) is 31.9. The Kier molecular flexibility index (Phi) is 39.4. The molecule has 0 saturated carbocycles. The van der Waals surface area contributed by atoms with Crippen molar-refractivity contribution in [2.75, 3.05) is 32.8 Å². The molecule has 24 N–H and O–H groups in total. The molecule has 0 fully saturated rings. The average molecular weight is 1470 g/mol. The Morgan fingerprint density at radius 2 is 1.09 bits per heavy atom. The molecule has 0 spiro atoms. The summed E-state index contributed by atoms with van der Waals surface area (Å²) in [5.41, 5.74) is 17.9. The molecule has 0 bridgehead atoms.